The van der Waals surface area contributed by atoms with Gasteiger partial charge in [0.25, 0.3) is 0 Å². The molecule has 0 heterocycles. The predicted octanol–water partition coefficient (Wildman–Crippen LogP) is 1.87. The highest BCUT2D eigenvalue weighted by molar-refractivity contribution is 7.80. The van der Waals surface area contributed by atoms with Gasteiger partial charge < -0.3 is 15.0 Å². The maximum absolute atomic E-state index is 5.29. The quantitative estimate of drug-likeness (QED) is 0.591. The summed E-state index contributed by atoms with van der Waals surface area (Å²) in [7, 11) is 3.71. The Morgan fingerprint density at radius 1 is 1.47 bits per heavy atom. The molecule has 0 aliphatic rings. The maximum atomic E-state index is 5.29. The van der Waals surface area contributed by atoms with Crippen molar-refractivity contribution >= 4 is 17.3 Å². The second-order valence-corrected chi connectivity index (χ2v) is 5.26. The first kappa shape index (κ1) is 14.6. The van der Waals surface area contributed by atoms with E-state index in [0.29, 0.717) is 12.6 Å². The summed E-state index contributed by atoms with van der Waals surface area (Å²) in [6, 6.07) is 0.403. The molecular weight excluding hydrogens is 208 g/mol. The Morgan fingerprint density at radius 2 is 2.00 bits per heavy atom. The van der Waals surface area contributed by atoms with Crippen LogP contribution >= 0.6 is 12.2 Å². The number of methoxy groups -OCH3 is 1. The van der Waals surface area contributed by atoms with Crippen LogP contribution in [0, 0.1) is 5.41 Å². The lowest BCUT2D eigenvalue weighted by Crippen LogP contribution is -2.48. The van der Waals surface area contributed by atoms with E-state index in [0.717, 1.165) is 11.7 Å². The van der Waals surface area contributed by atoms with Gasteiger partial charge in [-0.2, -0.15) is 0 Å². The average molecular weight is 232 g/mol. The molecule has 0 aromatic heterocycles. The summed E-state index contributed by atoms with van der Waals surface area (Å²) < 4.78 is 4.96. The molecule has 0 spiro atoms. The first-order valence-electron chi connectivity index (χ1n) is 5.30. The molecule has 15 heavy (non-hydrogen) atoms. The van der Waals surface area contributed by atoms with Gasteiger partial charge in [-0.15, -0.1) is 0 Å². The third-order valence-electron chi connectivity index (χ3n) is 2.74. The van der Waals surface area contributed by atoms with E-state index < -0.39 is 0 Å². The highest BCUT2D eigenvalue weighted by Gasteiger charge is 2.25. The molecule has 0 aromatic carbocycles. The number of nitrogens with one attached hydrogen (secondary N) is 1. The van der Waals surface area contributed by atoms with Gasteiger partial charge in [0.2, 0.25) is 0 Å². The molecule has 90 valence electrons. The molecule has 1 unspecified atom stereocenters. The van der Waals surface area contributed by atoms with Gasteiger partial charge in [-0.25, -0.2) is 0 Å². The average Bonchev–Trinajstić information content (AvgIpc) is 2.14. The highest BCUT2D eigenvalue weighted by atomic mass is 32.1. The first-order chi connectivity index (χ1) is 6.80. The van der Waals surface area contributed by atoms with Crippen LogP contribution in [0.5, 0.6) is 0 Å². The molecule has 0 radical (unpaired) electrons. The molecule has 0 amide bonds. The fourth-order valence-electron chi connectivity index (χ4n) is 1.14. The molecular formula is C11H24N2OS. The molecule has 0 bridgehead atoms. The van der Waals surface area contributed by atoms with E-state index >= 15 is 0 Å². The second kappa shape index (κ2) is 6.28. The van der Waals surface area contributed by atoms with Crippen molar-refractivity contribution in [1.29, 1.82) is 0 Å². The van der Waals surface area contributed by atoms with Crippen LogP contribution in [0.3, 0.4) is 0 Å². The zero-order chi connectivity index (χ0) is 12.1. The number of hydrogen-bond donors (Lipinski definition) is 1. The lowest BCUT2D eigenvalue weighted by atomic mass is 9.87. The molecule has 0 rings (SSSR count). The topological polar surface area (TPSA) is 24.5 Å². The summed E-state index contributed by atoms with van der Waals surface area (Å²) >= 11 is 5.29. The van der Waals surface area contributed by atoms with Gasteiger partial charge in [0.05, 0.1) is 6.61 Å². The van der Waals surface area contributed by atoms with Crippen molar-refractivity contribution in [3.8, 4) is 0 Å². The van der Waals surface area contributed by atoms with Crippen LogP contribution in [0.2, 0.25) is 0 Å². The van der Waals surface area contributed by atoms with E-state index in [2.05, 4.69) is 37.9 Å². The van der Waals surface area contributed by atoms with E-state index in [1.807, 2.05) is 7.05 Å². The third kappa shape index (κ3) is 5.33. The number of hydrogen-bond acceptors (Lipinski definition) is 2. The molecule has 0 saturated carbocycles. The summed E-state index contributed by atoms with van der Waals surface area (Å²) in [4.78, 5) is 2.10. The fraction of sp³-hybridized carbons (Fsp3) is 0.909. The van der Waals surface area contributed by atoms with Crippen molar-refractivity contribution in [2.45, 2.75) is 33.7 Å². The Balaban J connectivity index is 4.08. The lowest BCUT2D eigenvalue weighted by molar-refractivity contribution is 0.194. The van der Waals surface area contributed by atoms with E-state index in [9.17, 15) is 0 Å². The third-order valence-corrected chi connectivity index (χ3v) is 3.17. The van der Waals surface area contributed by atoms with Gasteiger partial charge in [-0.1, -0.05) is 20.8 Å². The molecule has 0 aliphatic carbocycles. The Hall–Kier alpha value is -0.350. The Bertz CT molecular complexity index is 201. The minimum Gasteiger partial charge on any atom is -0.383 e. The molecule has 0 fully saturated rings. The van der Waals surface area contributed by atoms with Crippen LogP contribution < -0.4 is 5.32 Å². The van der Waals surface area contributed by atoms with Gasteiger partial charge in [-0.3, -0.25) is 0 Å². The number of rotatable bonds is 4. The SMILES string of the molecule is COCCNC(=S)N(C)C(C)C(C)(C)C. The van der Waals surface area contributed by atoms with Gasteiger partial charge in [0, 0.05) is 26.7 Å². The number of ether oxygens (including phenoxy) is 1. The van der Waals surface area contributed by atoms with Crippen LogP contribution in [0.15, 0.2) is 0 Å². The summed E-state index contributed by atoms with van der Waals surface area (Å²) in [5.74, 6) is 0. The fourth-order valence-corrected chi connectivity index (χ4v) is 1.40. The summed E-state index contributed by atoms with van der Waals surface area (Å²) in [6.45, 7) is 10.3. The van der Waals surface area contributed by atoms with Crippen molar-refractivity contribution in [1.82, 2.24) is 10.2 Å². The number of nitrogens with zero attached hydrogens (tertiary/aromatic N) is 1. The standard InChI is InChI=1S/C11H24N2OS/c1-9(11(2,3)4)13(5)10(15)12-7-8-14-6/h9H,7-8H2,1-6H3,(H,12,15). The second-order valence-electron chi connectivity index (χ2n) is 4.88. The zero-order valence-electron chi connectivity index (χ0n) is 10.8. The lowest BCUT2D eigenvalue weighted by Gasteiger charge is -2.36. The number of thiocarbonyl (C=S) groups is 1. The molecule has 0 saturated heterocycles. The first-order valence-corrected chi connectivity index (χ1v) is 5.71. The Morgan fingerprint density at radius 3 is 2.40 bits per heavy atom. The summed E-state index contributed by atoms with van der Waals surface area (Å²) in [5, 5.41) is 3.96. The van der Waals surface area contributed by atoms with E-state index in [1.54, 1.807) is 7.11 Å². The zero-order valence-corrected chi connectivity index (χ0v) is 11.6. The van der Waals surface area contributed by atoms with E-state index in [1.165, 1.54) is 0 Å². The van der Waals surface area contributed by atoms with Gasteiger partial charge in [0.1, 0.15) is 0 Å². The highest BCUT2D eigenvalue weighted by Crippen LogP contribution is 2.22. The van der Waals surface area contributed by atoms with Crippen LogP contribution in [0.25, 0.3) is 0 Å². The van der Waals surface area contributed by atoms with Gasteiger partial charge in [-0.05, 0) is 24.6 Å². The predicted molar refractivity (Wildman–Crippen MR) is 69.2 cm³/mol. The van der Waals surface area contributed by atoms with Crippen molar-refractivity contribution in [3.05, 3.63) is 0 Å². The molecule has 3 nitrogen and oxygen atoms in total. The van der Waals surface area contributed by atoms with Crippen LogP contribution in [-0.4, -0.2) is 43.4 Å². The van der Waals surface area contributed by atoms with E-state index in [-0.39, 0.29) is 5.41 Å². The Labute approximate surface area is 99.2 Å². The summed E-state index contributed by atoms with van der Waals surface area (Å²) in [6.07, 6.45) is 0. The van der Waals surface area contributed by atoms with Gasteiger partial charge >= 0.3 is 0 Å². The maximum Gasteiger partial charge on any atom is 0.169 e. The molecule has 0 aliphatic heterocycles. The van der Waals surface area contributed by atoms with Crippen LogP contribution in [0.4, 0.5) is 0 Å². The smallest absolute Gasteiger partial charge is 0.169 e. The minimum absolute atomic E-state index is 0.224. The molecule has 1 atom stereocenters. The largest absolute Gasteiger partial charge is 0.383 e. The van der Waals surface area contributed by atoms with Gasteiger partial charge in [0.15, 0.2) is 5.11 Å². The van der Waals surface area contributed by atoms with Crippen molar-refractivity contribution in [2.24, 2.45) is 5.41 Å². The normalized spacial score (nSPS) is 13.5. The Kier molecular flexibility index (Phi) is 6.13. The monoisotopic (exact) mass is 232 g/mol. The molecule has 0 aromatic rings. The molecule has 4 heteroatoms. The van der Waals surface area contributed by atoms with Crippen molar-refractivity contribution in [2.75, 3.05) is 27.3 Å². The van der Waals surface area contributed by atoms with Crippen molar-refractivity contribution < 1.29 is 4.74 Å². The van der Waals surface area contributed by atoms with Crippen LogP contribution in [0.1, 0.15) is 27.7 Å². The summed E-state index contributed by atoms with van der Waals surface area (Å²) in [5.41, 5.74) is 0.224. The van der Waals surface area contributed by atoms with E-state index in [4.69, 9.17) is 17.0 Å². The minimum atomic E-state index is 0.224. The van der Waals surface area contributed by atoms with Crippen molar-refractivity contribution in [3.63, 3.8) is 0 Å². The van der Waals surface area contributed by atoms with Crippen LogP contribution in [-0.2, 0) is 4.74 Å². The molecule has 1 N–H and O–H groups in total.